The predicted octanol–water partition coefficient (Wildman–Crippen LogP) is -0.447. The summed E-state index contributed by atoms with van der Waals surface area (Å²) in [6, 6.07) is 0. The Labute approximate surface area is 94.4 Å². The summed E-state index contributed by atoms with van der Waals surface area (Å²) in [5.41, 5.74) is 0. The molecule has 6 heteroatoms. The SMILES string of the molecule is O=C(O)CCN1CCCN(CC(=O)O)CC1. The number of nitrogens with zero attached hydrogens (tertiary/aromatic N) is 2. The van der Waals surface area contributed by atoms with E-state index in [1.165, 1.54) is 0 Å². The first kappa shape index (κ1) is 12.9. The van der Waals surface area contributed by atoms with Crippen molar-refractivity contribution in [2.75, 3.05) is 39.3 Å². The molecule has 0 spiro atoms. The second-order valence-electron chi connectivity index (χ2n) is 4.01. The normalized spacial score (nSPS) is 19.2. The molecule has 1 aliphatic heterocycles. The van der Waals surface area contributed by atoms with E-state index in [0.717, 1.165) is 26.1 Å². The highest BCUT2D eigenvalue weighted by molar-refractivity contribution is 5.69. The molecular formula is C10H18N2O4. The van der Waals surface area contributed by atoms with Gasteiger partial charge in [-0.25, -0.2) is 0 Å². The Morgan fingerprint density at radius 3 is 2.19 bits per heavy atom. The number of carboxylic acid groups (broad SMARTS) is 2. The average Bonchev–Trinajstić information content (AvgIpc) is 2.39. The highest BCUT2D eigenvalue weighted by atomic mass is 16.4. The van der Waals surface area contributed by atoms with E-state index in [4.69, 9.17) is 10.2 Å². The van der Waals surface area contributed by atoms with Crippen molar-refractivity contribution in [3.05, 3.63) is 0 Å². The minimum Gasteiger partial charge on any atom is -0.481 e. The summed E-state index contributed by atoms with van der Waals surface area (Å²) >= 11 is 0. The zero-order valence-corrected chi connectivity index (χ0v) is 9.26. The third-order valence-corrected chi connectivity index (χ3v) is 2.68. The lowest BCUT2D eigenvalue weighted by molar-refractivity contribution is -0.138. The van der Waals surface area contributed by atoms with Crippen LogP contribution in [0.5, 0.6) is 0 Å². The summed E-state index contributed by atoms with van der Waals surface area (Å²) in [7, 11) is 0. The lowest BCUT2D eigenvalue weighted by Crippen LogP contribution is -2.34. The Balaban J connectivity index is 2.28. The maximum absolute atomic E-state index is 10.5. The van der Waals surface area contributed by atoms with E-state index < -0.39 is 11.9 Å². The molecule has 1 aliphatic rings. The van der Waals surface area contributed by atoms with Crippen LogP contribution in [0.4, 0.5) is 0 Å². The monoisotopic (exact) mass is 230 g/mol. The Morgan fingerprint density at radius 1 is 0.938 bits per heavy atom. The molecule has 1 fully saturated rings. The topological polar surface area (TPSA) is 81.1 Å². The van der Waals surface area contributed by atoms with E-state index in [1.807, 2.05) is 4.90 Å². The molecule has 0 saturated carbocycles. The summed E-state index contributed by atoms with van der Waals surface area (Å²) in [6.07, 6.45) is 1.05. The number of hydrogen-bond donors (Lipinski definition) is 2. The molecule has 0 amide bonds. The van der Waals surface area contributed by atoms with Crippen molar-refractivity contribution in [3.8, 4) is 0 Å². The molecule has 0 bridgehead atoms. The number of carbonyl (C=O) groups is 2. The summed E-state index contributed by atoms with van der Waals surface area (Å²) in [5, 5.41) is 17.2. The fourth-order valence-electron chi connectivity index (χ4n) is 1.85. The summed E-state index contributed by atoms with van der Waals surface area (Å²) in [6.45, 7) is 3.70. The van der Waals surface area contributed by atoms with Crippen LogP contribution in [-0.4, -0.2) is 71.2 Å². The van der Waals surface area contributed by atoms with Crippen LogP contribution in [0.25, 0.3) is 0 Å². The highest BCUT2D eigenvalue weighted by Gasteiger charge is 2.16. The van der Waals surface area contributed by atoms with Crippen molar-refractivity contribution in [2.24, 2.45) is 0 Å². The first-order valence-corrected chi connectivity index (χ1v) is 5.46. The van der Waals surface area contributed by atoms with Gasteiger partial charge in [0.15, 0.2) is 0 Å². The molecule has 0 aromatic rings. The van der Waals surface area contributed by atoms with Gasteiger partial charge in [-0.3, -0.25) is 14.5 Å². The zero-order valence-electron chi connectivity index (χ0n) is 9.26. The van der Waals surface area contributed by atoms with Gasteiger partial charge in [-0.1, -0.05) is 0 Å². The Bertz CT molecular complexity index is 257. The molecule has 16 heavy (non-hydrogen) atoms. The maximum atomic E-state index is 10.5. The van der Waals surface area contributed by atoms with Gasteiger partial charge in [0.25, 0.3) is 0 Å². The van der Waals surface area contributed by atoms with E-state index in [0.29, 0.717) is 13.1 Å². The number of aliphatic carboxylic acids is 2. The molecule has 1 saturated heterocycles. The van der Waals surface area contributed by atoms with Crippen molar-refractivity contribution in [3.63, 3.8) is 0 Å². The third-order valence-electron chi connectivity index (χ3n) is 2.68. The molecule has 0 unspecified atom stereocenters. The molecule has 1 rings (SSSR count). The van der Waals surface area contributed by atoms with Crippen molar-refractivity contribution in [2.45, 2.75) is 12.8 Å². The van der Waals surface area contributed by atoms with E-state index in [2.05, 4.69) is 4.90 Å². The average molecular weight is 230 g/mol. The Hall–Kier alpha value is -1.14. The van der Waals surface area contributed by atoms with Crippen LogP contribution in [0.15, 0.2) is 0 Å². The van der Waals surface area contributed by atoms with Gasteiger partial charge in [-0.05, 0) is 13.0 Å². The van der Waals surface area contributed by atoms with Crippen LogP contribution >= 0.6 is 0 Å². The second kappa shape index (κ2) is 6.44. The summed E-state index contributed by atoms with van der Waals surface area (Å²) in [5.74, 6) is -1.59. The van der Waals surface area contributed by atoms with Crippen LogP contribution in [0.1, 0.15) is 12.8 Å². The van der Waals surface area contributed by atoms with Crippen molar-refractivity contribution in [1.29, 1.82) is 0 Å². The summed E-state index contributed by atoms with van der Waals surface area (Å²) in [4.78, 5) is 24.9. The molecule has 0 aliphatic carbocycles. The van der Waals surface area contributed by atoms with Gasteiger partial charge >= 0.3 is 11.9 Å². The quantitative estimate of drug-likeness (QED) is 0.666. The van der Waals surface area contributed by atoms with Crippen LogP contribution in [0, 0.1) is 0 Å². The van der Waals surface area contributed by atoms with Crippen LogP contribution in [0.2, 0.25) is 0 Å². The third kappa shape index (κ3) is 5.09. The lowest BCUT2D eigenvalue weighted by Gasteiger charge is -2.19. The van der Waals surface area contributed by atoms with Gasteiger partial charge in [0.2, 0.25) is 0 Å². The van der Waals surface area contributed by atoms with E-state index >= 15 is 0 Å². The van der Waals surface area contributed by atoms with Crippen molar-refractivity contribution < 1.29 is 19.8 Å². The molecule has 2 N–H and O–H groups in total. The largest absolute Gasteiger partial charge is 0.481 e. The number of hydrogen-bond acceptors (Lipinski definition) is 4. The number of rotatable bonds is 5. The van der Waals surface area contributed by atoms with Gasteiger partial charge in [0, 0.05) is 26.2 Å². The van der Waals surface area contributed by atoms with Gasteiger partial charge in [0.1, 0.15) is 0 Å². The molecule has 0 atom stereocenters. The lowest BCUT2D eigenvalue weighted by atomic mass is 10.3. The van der Waals surface area contributed by atoms with Gasteiger partial charge in [0.05, 0.1) is 13.0 Å². The Kier molecular flexibility index (Phi) is 5.21. The van der Waals surface area contributed by atoms with Gasteiger partial charge in [-0.2, -0.15) is 0 Å². The molecule has 1 heterocycles. The standard InChI is InChI=1S/C10H18N2O4/c13-9(14)2-5-11-3-1-4-12(7-6-11)8-10(15)16/h1-8H2,(H,13,14)(H,15,16). The predicted molar refractivity (Wildman–Crippen MR) is 57.4 cm³/mol. The van der Waals surface area contributed by atoms with Crippen molar-refractivity contribution >= 4 is 11.9 Å². The smallest absolute Gasteiger partial charge is 0.317 e. The van der Waals surface area contributed by atoms with Crippen LogP contribution < -0.4 is 0 Å². The maximum Gasteiger partial charge on any atom is 0.317 e. The summed E-state index contributed by atoms with van der Waals surface area (Å²) < 4.78 is 0. The van der Waals surface area contributed by atoms with E-state index in [-0.39, 0.29) is 13.0 Å². The zero-order chi connectivity index (χ0) is 12.0. The van der Waals surface area contributed by atoms with Crippen LogP contribution in [0.3, 0.4) is 0 Å². The second-order valence-corrected chi connectivity index (χ2v) is 4.01. The first-order valence-electron chi connectivity index (χ1n) is 5.46. The van der Waals surface area contributed by atoms with Gasteiger partial charge < -0.3 is 15.1 Å². The number of carboxylic acids is 2. The Morgan fingerprint density at radius 2 is 1.56 bits per heavy atom. The molecule has 0 aromatic heterocycles. The van der Waals surface area contributed by atoms with E-state index in [9.17, 15) is 9.59 Å². The fourth-order valence-corrected chi connectivity index (χ4v) is 1.85. The molecule has 0 aromatic carbocycles. The molecule has 92 valence electrons. The minimum atomic E-state index is -0.806. The van der Waals surface area contributed by atoms with Crippen LogP contribution in [-0.2, 0) is 9.59 Å². The molecule has 6 nitrogen and oxygen atoms in total. The van der Waals surface area contributed by atoms with Crippen molar-refractivity contribution in [1.82, 2.24) is 9.80 Å². The van der Waals surface area contributed by atoms with Gasteiger partial charge in [-0.15, -0.1) is 0 Å². The highest BCUT2D eigenvalue weighted by Crippen LogP contribution is 2.03. The minimum absolute atomic E-state index is 0.0762. The first-order chi connectivity index (χ1) is 7.58. The molecular weight excluding hydrogens is 212 g/mol. The fraction of sp³-hybridized carbons (Fsp3) is 0.800. The van der Waals surface area contributed by atoms with E-state index in [1.54, 1.807) is 0 Å². The molecule has 0 radical (unpaired) electrons.